The molecular formula is C21H21NO7. The highest BCUT2D eigenvalue weighted by Crippen LogP contribution is 2.56. The van der Waals surface area contributed by atoms with E-state index in [2.05, 4.69) is 0 Å². The van der Waals surface area contributed by atoms with Gasteiger partial charge in [0.2, 0.25) is 13.6 Å². The van der Waals surface area contributed by atoms with Crippen molar-refractivity contribution in [2.75, 3.05) is 34.3 Å². The number of hydrogen-bond donors (Lipinski definition) is 0. The van der Waals surface area contributed by atoms with Crippen molar-refractivity contribution in [1.82, 2.24) is 0 Å². The number of nitrogens with zero attached hydrogens (tertiary/aromatic N) is 1. The van der Waals surface area contributed by atoms with E-state index in [1.165, 1.54) is 0 Å². The van der Waals surface area contributed by atoms with Crippen molar-refractivity contribution < 1.29 is 33.1 Å². The van der Waals surface area contributed by atoms with E-state index in [1.54, 1.807) is 14.2 Å². The largest absolute Gasteiger partial charge is 0.632 e. The van der Waals surface area contributed by atoms with Crippen LogP contribution in [0, 0.1) is 5.21 Å². The molecule has 6 rings (SSSR count). The molecule has 0 N–H and O–H groups in total. The van der Waals surface area contributed by atoms with Crippen molar-refractivity contribution >= 4 is 0 Å². The van der Waals surface area contributed by atoms with E-state index in [0.29, 0.717) is 36.0 Å². The monoisotopic (exact) mass is 399 g/mol. The van der Waals surface area contributed by atoms with Gasteiger partial charge in [-0.1, -0.05) is 0 Å². The van der Waals surface area contributed by atoms with Gasteiger partial charge in [-0.05, 0) is 35.4 Å². The molecule has 0 fully saturated rings. The molecule has 0 aliphatic carbocycles. The predicted molar refractivity (Wildman–Crippen MR) is 99.6 cm³/mol. The number of rotatable bonds is 1. The second kappa shape index (κ2) is 5.99. The Kier molecular flexibility index (Phi) is 3.58. The third-order valence-electron chi connectivity index (χ3n) is 6.29. The fourth-order valence-corrected chi connectivity index (χ4v) is 4.91. The number of benzene rings is 2. The summed E-state index contributed by atoms with van der Waals surface area (Å²) in [5, 5.41) is 13.8. The number of methoxy groups -OCH3 is 1. The molecule has 152 valence electrons. The van der Waals surface area contributed by atoms with Crippen LogP contribution in [0.25, 0.3) is 0 Å². The SMILES string of the molecule is COC1OC2c3cc4c(cc3CC[N+](C)([O-])C2c2ccc3c(c21)OCO3)OCO4. The Morgan fingerprint density at radius 1 is 1.00 bits per heavy atom. The molecule has 4 aliphatic rings. The lowest BCUT2D eigenvalue weighted by atomic mass is 9.86. The summed E-state index contributed by atoms with van der Waals surface area (Å²) in [5.74, 6) is 2.64. The lowest BCUT2D eigenvalue weighted by Crippen LogP contribution is -2.46. The predicted octanol–water partition coefficient (Wildman–Crippen LogP) is 3.10. The van der Waals surface area contributed by atoms with E-state index < -0.39 is 23.1 Å². The van der Waals surface area contributed by atoms with Crippen molar-refractivity contribution in [2.24, 2.45) is 0 Å². The third-order valence-corrected chi connectivity index (χ3v) is 6.29. The minimum atomic E-state index is -0.667. The molecule has 29 heavy (non-hydrogen) atoms. The number of likely N-dealkylation sites (N-methyl/N-ethyl adjacent to an activating group) is 1. The second-order valence-corrected chi connectivity index (χ2v) is 7.92. The smallest absolute Gasteiger partial charge is 0.231 e. The Labute approximate surface area is 167 Å². The van der Waals surface area contributed by atoms with Crippen LogP contribution in [0.3, 0.4) is 0 Å². The van der Waals surface area contributed by atoms with Crippen LogP contribution in [0.1, 0.15) is 40.7 Å². The topological polar surface area (TPSA) is 78.4 Å². The van der Waals surface area contributed by atoms with Crippen LogP contribution in [-0.2, 0) is 15.9 Å². The van der Waals surface area contributed by atoms with E-state index in [1.807, 2.05) is 24.3 Å². The molecule has 8 nitrogen and oxygen atoms in total. The number of quaternary nitrogens is 1. The van der Waals surface area contributed by atoms with Gasteiger partial charge in [0.1, 0.15) is 12.1 Å². The maximum Gasteiger partial charge on any atom is 0.231 e. The van der Waals surface area contributed by atoms with Gasteiger partial charge < -0.3 is 38.3 Å². The van der Waals surface area contributed by atoms with Crippen LogP contribution < -0.4 is 18.9 Å². The fraction of sp³-hybridized carbons (Fsp3) is 0.429. The molecular weight excluding hydrogens is 378 g/mol. The quantitative estimate of drug-likeness (QED) is 0.539. The molecule has 0 aromatic heterocycles. The van der Waals surface area contributed by atoms with Gasteiger partial charge in [0.05, 0.1) is 19.2 Å². The van der Waals surface area contributed by atoms with Crippen molar-refractivity contribution in [3.63, 3.8) is 0 Å². The number of hydrogen-bond acceptors (Lipinski definition) is 7. The molecule has 4 atom stereocenters. The first-order chi connectivity index (χ1) is 14.1. The molecule has 0 amide bonds. The first-order valence-corrected chi connectivity index (χ1v) is 9.66. The van der Waals surface area contributed by atoms with E-state index in [-0.39, 0.29) is 13.6 Å². The van der Waals surface area contributed by atoms with Gasteiger partial charge in [-0.15, -0.1) is 0 Å². The summed E-state index contributed by atoms with van der Waals surface area (Å²) < 4.78 is 34.0. The molecule has 0 spiro atoms. The maximum atomic E-state index is 13.8. The highest BCUT2D eigenvalue weighted by molar-refractivity contribution is 5.56. The van der Waals surface area contributed by atoms with Crippen LogP contribution in [-0.4, -0.2) is 38.9 Å². The van der Waals surface area contributed by atoms with Crippen molar-refractivity contribution in [3.05, 3.63) is 51.7 Å². The van der Waals surface area contributed by atoms with Crippen LogP contribution in [0.5, 0.6) is 23.0 Å². The first kappa shape index (κ1) is 17.3. The van der Waals surface area contributed by atoms with Gasteiger partial charge in [-0.25, -0.2) is 0 Å². The summed E-state index contributed by atoms with van der Waals surface area (Å²) >= 11 is 0. The van der Waals surface area contributed by atoms with Crippen molar-refractivity contribution in [3.8, 4) is 23.0 Å². The van der Waals surface area contributed by atoms with E-state index in [9.17, 15) is 5.21 Å². The summed E-state index contributed by atoms with van der Waals surface area (Å²) in [6.45, 7) is 0.768. The zero-order valence-corrected chi connectivity index (χ0v) is 16.2. The van der Waals surface area contributed by atoms with Gasteiger partial charge >= 0.3 is 0 Å². The molecule has 4 heterocycles. The molecule has 0 saturated carbocycles. The third kappa shape index (κ3) is 2.40. The lowest BCUT2D eigenvalue weighted by Gasteiger charge is -2.50. The second-order valence-electron chi connectivity index (χ2n) is 7.92. The Morgan fingerprint density at radius 3 is 2.59 bits per heavy atom. The average Bonchev–Trinajstić information content (AvgIpc) is 3.36. The standard InChI is InChI=1S/C21H21NO7/c1-22(23)6-5-11-7-15-16(27-9-26-15)8-13(11)19-18(22)12-3-4-14-20(28-10-25-14)17(12)21(24-2)29-19/h3-4,7-8,18-19,21H,5-6,9-10H2,1-2H3. The maximum absolute atomic E-state index is 13.8. The zero-order valence-electron chi connectivity index (χ0n) is 16.2. The van der Waals surface area contributed by atoms with Gasteiger partial charge in [0, 0.05) is 19.1 Å². The zero-order chi connectivity index (χ0) is 19.8. The minimum Gasteiger partial charge on any atom is -0.632 e. The summed E-state index contributed by atoms with van der Waals surface area (Å²) in [7, 11) is 3.29. The van der Waals surface area contributed by atoms with E-state index >= 15 is 0 Å². The molecule has 4 unspecified atom stereocenters. The number of fused-ring (bicyclic) bond motifs is 8. The minimum absolute atomic E-state index is 0.145. The summed E-state index contributed by atoms with van der Waals surface area (Å²) in [5.41, 5.74) is 3.61. The van der Waals surface area contributed by atoms with Crippen LogP contribution in [0.15, 0.2) is 24.3 Å². The highest BCUT2D eigenvalue weighted by atomic mass is 16.7. The van der Waals surface area contributed by atoms with Gasteiger partial charge in [-0.3, -0.25) is 0 Å². The van der Waals surface area contributed by atoms with Gasteiger partial charge in [0.25, 0.3) is 0 Å². The van der Waals surface area contributed by atoms with Crippen LogP contribution >= 0.6 is 0 Å². The normalized spacial score (nSPS) is 30.9. The Balaban J connectivity index is 1.57. The summed E-state index contributed by atoms with van der Waals surface area (Å²) in [4.78, 5) is 0. The Morgan fingerprint density at radius 2 is 1.76 bits per heavy atom. The molecule has 0 bridgehead atoms. The summed E-state index contributed by atoms with van der Waals surface area (Å²) in [6, 6.07) is 7.27. The van der Waals surface area contributed by atoms with Crippen LogP contribution in [0.4, 0.5) is 0 Å². The van der Waals surface area contributed by atoms with Gasteiger partial charge in [0.15, 0.2) is 29.3 Å². The van der Waals surface area contributed by atoms with Crippen LogP contribution in [0.2, 0.25) is 0 Å². The first-order valence-electron chi connectivity index (χ1n) is 9.66. The molecule has 0 radical (unpaired) electrons. The van der Waals surface area contributed by atoms with E-state index in [0.717, 1.165) is 22.3 Å². The molecule has 8 heteroatoms. The Hall–Kier alpha value is -2.52. The van der Waals surface area contributed by atoms with Gasteiger partial charge in [-0.2, -0.15) is 0 Å². The molecule has 2 aromatic rings. The molecule has 0 saturated heterocycles. The number of ether oxygens (including phenoxy) is 6. The Bertz CT molecular complexity index is 1010. The fourth-order valence-electron chi connectivity index (χ4n) is 4.91. The van der Waals surface area contributed by atoms with E-state index in [4.69, 9.17) is 28.4 Å². The summed E-state index contributed by atoms with van der Waals surface area (Å²) in [6.07, 6.45) is -0.526. The number of hydroxylamine groups is 3. The van der Waals surface area contributed by atoms with Crippen molar-refractivity contribution in [1.29, 1.82) is 0 Å². The highest BCUT2D eigenvalue weighted by Gasteiger charge is 2.49. The molecule has 2 aromatic carbocycles. The average molecular weight is 399 g/mol. The lowest BCUT2D eigenvalue weighted by molar-refractivity contribution is -0.898. The van der Waals surface area contributed by atoms with Crippen molar-refractivity contribution in [2.45, 2.75) is 24.9 Å². The molecule has 4 aliphatic heterocycles.